The van der Waals surface area contributed by atoms with E-state index in [9.17, 15) is 13.2 Å². The van der Waals surface area contributed by atoms with Crippen molar-refractivity contribution in [3.05, 3.63) is 39.3 Å². The molecule has 1 aliphatic heterocycles. The predicted octanol–water partition coefficient (Wildman–Crippen LogP) is 3.29. The van der Waals surface area contributed by atoms with E-state index in [0.717, 1.165) is 11.3 Å². The van der Waals surface area contributed by atoms with Gasteiger partial charge in [-0.2, -0.15) is 0 Å². The molecule has 6 nitrogen and oxygen atoms in total. The molecule has 0 aliphatic carbocycles. The van der Waals surface area contributed by atoms with Gasteiger partial charge in [-0.05, 0) is 44.0 Å². The fourth-order valence-electron chi connectivity index (χ4n) is 2.55. The van der Waals surface area contributed by atoms with Gasteiger partial charge in [0.2, 0.25) is 10.0 Å². The number of hydrogen-bond donors (Lipinski definition) is 1. The average molecular weight is 386 g/mol. The van der Waals surface area contributed by atoms with Crippen LogP contribution in [0, 0.1) is 6.92 Å². The Morgan fingerprint density at radius 2 is 2.00 bits per heavy atom. The summed E-state index contributed by atoms with van der Waals surface area (Å²) in [5.41, 5.74) is 1.48. The van der Waals surface area contributed by atoms with Crippen LogP contribution in [0.1, 0.15) is 28.2 Å². The highest BCUT2D eigenvalue weighted by Gasteiger charge is 2.25. The lowest BCUT2D eigenvalue weighted by atomic mass is 10.2. The molecular formula is C15H16ClN3O3S2. The zero-order chi connectivity index (χ0) is 17.3. The molecule has 0 bridgehead atoms. The van der Waals surface area contributed by atoms with Crippen LogP contribution in [0.5, 0.6) is 0 Å². The molecule has 0 spiro atoms. The predicted molar refractivity (Wildman–Crippen MR) is 96.6 cm³/mol. The maximum Gasteiger partial charge on any atom is 0.275 e. The van der Waals surface area contributed by atoms with Gasteiger partial charge < -0.3 is 5.32 Å². The summed E-state index contributed by atoms with van der Waals surface area (Å²) >= 11 is 7.06. The molecule has 24 heavy (non-hydrogen) atoms. The number of hydrogen-bond acceptors (Lipinski definition) is 5. The van der Waals surface area contributed by atoms with Crippen molar-refractivity contribution in [3.63, 3.8) is 0 Å². The highest BCUT2D eigenvalue weighted by molar-refractivity contribution is 7.92. The molecule has 1 amide bonds. The third kappa shape index (κ3) is 3.55. The van der Waals surface area contributed by atoms with E-state index >= 15 is 0 Å². The van der Waals surface area contributed by atoms with Crippen LogP contribution in [-0.4, -0.2) is 31.6 Å². The molecule has 2 heterocycles. The van der Waals surface area contributed by atoms with Crippen LogP contribution < -0.4 is 9.62 Å². The summed E-state index contributed by atoms with van der Waals surface area (Å²) in [5.74, 6) is -0.163. The maximum atomic E-state index is 12.2. The van der Waals surface area contributed by atoms with E-state index < -0.39 is 10.0 Å². The van der Waals surface area contributed by atoms with Crippen LogP contribution in [-0.2, 0) is 10.0 Å². The van der Waals surface area contributed by atoms with Gasteiger partial charge in [0.05, 0.1) is 11.4 Å². The standard InChI is InChI=1S/C15H16ClN3O3S2/c1-10-13(18-15(16)23-10)14(20)17-11-4-6-12(7-5-11)19-8-2-3-9-24(19,21)22/h4-7H,2-3,8-9H2,1H3,(H,17,20). The number of thiazole rings is 1. The van der Waals surface area contributed by atoms with Gasteiger partial charge in [-0.3, -0.25) is 9.10 Å². The number of aromatic nitrogens is 1. The minimum atomic E-state index is -3.24. The zero-order valence-corrected chi connectivity index (χ0v) is 15.3. The van der Waals surface area contributed by atoms with Crippen molar-refractivity contribution in [2.24, 2.45) is 0 Å². The van der Waals surface area contributed by atoms with E-state index in [1.807, 2.05) is 0 Å². The van der Waals surface area contributed by atoms with Gasteiger partial charge in [0.15, 0.2) is 4.47 Å². The third-order valence-corrected chi connectivity index (χ3v) is 6.69. The van der Waals surface area contributed by atoms with Crippen LogP contribution in [0.4, 0.5) is 11.4 Å². The first-order valence-electron chi connectivity index (χ1n) is 7.41. The smallest absolute Gasteiger partial charge is 0.275 e. The highest BCUT2D eigenvalue weighted by Crippen LogP contribution is 2.26. The molecule has 0 saturated carbocycles. The summed E-state index contributed by atoms with van der Waals surface area (Å²) in [4.78, 5) is 17.0. The Balaban J connectivity index is 1.75. The van der Waals surface area contributed by atoms with Crippen LogP contribution in [0.25, 0.3) is 0 Å². The van der Waals surface area contributed by atoms with E-state index in [-0.39, 0.29) is 11.7 Å². The summed E-state index contributed by atoms with van der Waals surface area (Å²) in [5, 5.41) is 2.74. The molecule has 1 saturated heterocycles. The number of nitrogens with zero attached hydrogens (tertiary/aromatic N) is 2. The molecule has 128 valence electrons. The average Bonchev–Trinajstić information content (AvgIpc) is 2.87. The van der Waals surface area contributed by atoms with Gasteiger partial charge in [-0.15, -0.1) is 11.3 Å². The van der Waals surface area contributed by atoms with Gasteiger partial charge in [0.1, 0.15) is 5.69 Å². The number of rotatable bonds is 3. The second-order valence-corrected chi connectivity index (χ2v) is 9.27. The molecule has 3 rings (SSSR count). The molecule has 1 aromatic heterocycles. The van der Waals surface area contributed by atoms with Crippen molar-refractivity contribution >= 4 is 50.2 Å². The lowest BCUT2D eigenvalue weighted by Gasteiger charge is -2.28. The number of nitrogens with one attached hydrogen (secondary N) is 1. The lowest BCUT2D eigenvalue weighted by Crippen LogP contribution is -2.37. The summed E-state index contributed by atoms with van der Waals surface area (Å²) in [6.07, 6.45) is 1.55. The highest BCUT2D eigenvalue weighted by atomic mass is 35.5. The van der Waals surface area contributed by atoms with Gasteiger partial charge in [-0.25, -0.2) is 13.4 Å². The Hall–Kier alpha value is -1.64. The Morgan fingerprint density at radius 3 is 2.58 bits per heavy atom. The van der Waals surface area contributed by atoms with Crippen molar-refractivity contribution in [1.82, 2.24) is 4.98 Å². The summed E-state index contributed by atoms with van der Waals surface area (Å²) < 4.78 is 26.0. The van der Waals surface area contributed by atoms with E-state index in [1.165, 1.54) is 15.6 Å². The fourth-order valence-corrected chi connectivity index (χ4v) is 5.25. The fraction of sp³-hybridized carbons (Fsp3) is 0.333. The monoisotopic (exact) mass is 385 g/mol. The number of amides is 1. The molecule has 9 heteroatoms. The second-order valence-electron chi connectivity index (χ2n) is 5.47. The number of halogens is 1. The number of sulfonamides is 1. The first-order chi connectivity index (χ1) is 11.4. The molecule has 1 N–H and O–H groups in total. The van der Waals surface area contributed by atoms with Gasteiger partial charge in [0, 0.05) is 17.1 Å². The molecule has 0 atom stereocenters. The van der Waals surface area contributed by atoms with E-state index in [4.69, 9.17) is 11.6 Å². The maximum absolute atomic E-state index is 12.2. The Morgan fingerprint density at radius 1 is 1.29 bits per heavy atom. The molecule has 1 aliphatic rings. The molecule has 0 radical (unpaired) electrons. The number of benzene rings is 1. The minimum absolute atomic E-state index is 0.176. The van der Waals surface area contributed by atoms with Crippen molar-refractivity contribution < 1.29 is 13.2 Å². The minimum Gasteiger partial charge on any atom is -0.321 e. The van der Waals surface area contributed by atoms with Crippen molar-refractivity contribution in [3.8, 4) is 0 Å². The third-order valence-electron chi connectivity index (χ3n) is 3.75. The molecule has 0 unspecified atom stereocenters. The number of aryl methyl sites for hydroxylation is 1. The van der Waals surface area contributed by atoms with Gasteiger partial charge in [0.25, 0.3) is 5.91 Å². The number of carbonyl (C=O) groups excluding carboxylic acids is 1. The van der Waals surface area contributed by atoms with E-state index in [2.05, 4.69) is 10.3 Å². The van der Waals surface area contributed by atoms with Gasteiger partial charge >= 0.3 is 0 Å². The van der Waals surface area contributed by atoms with Crippen molar-refractivity contribution in [1.29, 1.82) is 0 Å². The van der Waals surface area contributed by atoms with E-state index in [1.54, 1.807) is 31.2 Å². The first kappa shape index (κ1) is 17.2. The summed E-state index contributed by atoms with van der Waals surface area (Å²) in [6.45, 7) is 2.27. The second kappa shape index (κ2) is 6.70. The van der Waals surface area contributed by atoms with Crippen LogP contribution in [0.15, 0.2) is 24.3 Å². The first-order valence-corrected chi connectivity index (χ1v) is 10.2. The Kier molecular flexibility index (Phi) is 4.80. The van der Waals surface area contributed by atoms with Crippen LogP contribution in [0.2, 0.25) is 4.47 Å². The SMILES string of the molecule is Cc1sc(Cl)nc1C(=O)Nc1ccc(N2CCCCS2(=O)=O)cc1. The molecule has 1 aromatic carbocycles. The summed E-state index contributed by atoms with van der Waals surface area (Å²) in [7, 11) is -3.24. The lowest BCUT2D eigenvalue weighted by molar-refractivity contribution is 0.102. The van der Waals surface area contributed by atoms with Crippen molar-refractivity contribution in [2.45, 2.75) is 19.8 Å². The van der Waals surface area contributed by atoms with Gasteiger partial charge in [-0.1, -0.05) is 11.6 Å². The Labute approximate surface area is 149 Å². The number of carbonyl (C=O) groups is 1. The normalized spacial score (nSPS) is 16.8. The Bertz CT molecular complexity index is 863. The zero-order valence-electron chi connectivity index (χ0n) is 13.0. The molecular weight excluding hydrogens is 370 g/mol. The van der Waals surface area contributed by atoms with E-state index in [0.29, 0.717) is 34.5 Å². The summed E-state index contributed by atoms with van der Waals surface area (Å²) in [6, 6.07) is 6.75. The van der Waals surface area contributed by atoms with Crippen LogP contribution in [0.3, 0.4) is 0 Å². The molecule has 1 fully saturated rings. The quantitative estimate of drug-likeness (QED) is 0.879. The van der Waals surface area contributed by atoms with Crippen molar-refractivity contribution in [2.75, 3.05) is 21.9 Å². The van der Waals surface area contributed by atoms with Crippen LogP contribution >= 0.6 is 22.9 Å². The topological polar surface area (TPSA) is 79.4 Å². The largest absolute Gasteiger partial charge is 0.321 e. The number of anilines is 2. The molecule has 2 aromatic rings.